The number of nitrogens with two attached hydrogens (primary N) is 3. The summed E-state index contributed by atoms with van der Waals surface area (Å²) in [7, 11) is 0. The molecule has 294 valence electrons. The Labute approximate surface area is 316 Å². The van der Waals surface area contributed by atoms with Gasteiger partial charge in [-0.15, -0.1) is 0 Å². The second-order valence-corrected chi connectivity index (χ2v) is 14.0. The Morgan fingerprint density at radius 1 is 0.759 bits per heavy atom. The number of nitrogens with one attached hydrogen (secondary N) is 5. The predicted molar refractivity (Wildman–Crippen MR) is 198 cm³/mol. The van der Waals surface area contributed by atoms with Crippen molar-refractivity contribution in [2.45, 2.75) is 82.2 Å². The van der Waals surface area contributed by atoms with E-state index in [4.69, 9.17) is 17.2 Å². The van der Waals surface area contributed by atoms with E-state index in [2.05, 4.69) is 31.6 Å². The van der Waals surface area contributed by atoms with Crippen LogP contribution in [0.25, 0.3) is 0 Å². The third kappa shape index (κ3) is 14.8. The molecule has 19 nitrogen and oxygen atoms in total. The van der Waals surface area contributed by atoms with Gasteiger partial charge in [0.15, 0.2) is 5.03 Å². The van der Waals surface area contributed by atoms with Crippen LogP contribution in [-0.2, 0) is 40.0 Å². The van der Waals surface area contributed by atoms with Gasteiger partial charge in [-0.05, 0) is 36.3 Å². The SMILES string of the molecule is CC(C)[C@H](NC(=O)[C@H](CCC(N)=O)NC(=O)[C@H](N)Cc1ccccc1)C(=O)N[C@H](C(=O)N[C@H](CSc1ncccc1[N+](=O)[O-])C(=O)NCC(N)=O)C(C)C. The maximum Gasteiger partial charge on any atom is 0.301 e. The van der Waals surface area contributed by atoms with Crippen LogP contribution < -0.4 is 43.8 Å². The second kappa shape index (κ2) is 21.8. The summed E-state index contributed by atoms with van der Waals surface area (Å²) in [4.78, 5) is 105. The standard InChI is InChI=1S/C34H48N10O9S/c1-18(2)27(32(50)41-23(30(48)39-16-26(37)46)17-54-34-24(44(52)53)11-8-14-38-34)43-33(51)28(19(3)4)42-31(49)22(12-13-25(36)45)40-29(47)21(35)15-20-9-6-5-7-10-20/h5-11,14,18-19,21-23,27-28H,12-13,15-17,35H2,1-4H3,(H2,36,45)(H2,37,46)(H,39,48)(H,40,47)(H,41,50)(H,42,49)(H,43,51)/t21-,22+,23-,27+,28+/m1/s1. The number of hydrogen-bond acceptors (Lipinski definition) is 12. The van der Waals surface area contributed by atoms with Gasteiger partial charge in [-0.2, -0.15) is 0 Å². The number of carbonyl (C=O) groups excluding carboxylic acids is 7. The van der Waals surface area contributed by atoms with E-state index in [9.17, 15) is 43.7 Å². The molecule has 1 aromatic carbocycles. The molecule has 0 aliphatic rings. The van der Waals surface area contributed by atoms with Gasteiger partial charge in [0.25, 0.3) is 0 Å². The first-order chi connectivity index (χ1) is 25.4. The van der Waals surface area contributed by atoms with Gasteiger partial charge in [0.2, 0.25) is 41.4 Å². The Morgan fingerprint density at radius 2 is 1.33 bits per heavy atom. The fraction of sp³-hybridized carbons (Fsp3) is 0.471. The number of pyridine rings is 1. The van der Waals surface area contributed by atoms with Gasteiger partial charge in [0.05, 0.1) is 17.5 Å². The van der Waals surface area contributed by atoms with E-state index in [1.165, 1.54) is 18.3 Å². The van der Waals surface area contributed by atoms with E-state index in [1.54, 1.807) is 52.0 Å². The zero-order valence-electron chi connectivity index (χ0n) is 30.4. The van der Waals surface area contributed by atoms with E-state index in [0.29, 0.717) is 0 Å². The van der Waals surface area contributed by atoms with E-state index in [-0.39, 0.29) is 35.7 Å². The van der Waals surface area contributed by atoms with Crippen LogP contribution in [0.5, 0.6) is 0 Å². The summed E-state index contributed by atoms with van der Waals surface area (Å²) in [6.45, 7) is 5.95. The topological polar surface area (TPSA) is 314 Å². The molecule has 0 saturated heterocycles. The molecule has 0 spiro atoms. The van der Waals surface area contributed by atoms with Crippen LogP contribution in [0.1, 0.15) is 46.1 Å². The number of nitrogens with zero attached hydrogens (tertiary/aromatic N) is 2. The number of hydrogen-bond donors (Lipinski definition) is 8. The Hall–Kier alpha value is -5.63. The Kier molecular flexibility index (Phi) is 18.0. The predicted octanol–water partition coefficient (Wildman–Crippen LogP) is -1.23. The number of primary amides is 2. The van der Waals surface area contributed by atoms with Crippen molar-refractivity contribution in [1.82, 2.24) is 31.6 Å². The molecule has 20 heteroatoms. The van der Waals surface area contributed by atoms with Gasteiger partial charge in [-0.1, -0.05) is 69.8 Å². The van der Waals surface area contributed by atoms with Crippen LogP contribution in [-0.4, -0.2) is 93.8 Å². The van der Waals surface area contributed by atoms with Crippen molar-refractivity contribution >= 4 is 58.8 Å². The molecule has 1 heterocycles. The lowest BCUT2D eigenvalue weighted by Crippen LogP contribution is -2.61. The van der Waals surface area contributed by atoms with Gasteiger partial charge in [0.1, 0.15) is 24.2 Å². The molecule has 0 saturated carbocycles. The van der Waals surface area contributed by atoms with E-state index < -0.39 is 94.9 Å². The molecule has 0 bridgehead atoms. The zero-order valence-corrected chi connectivity index (χ0v) is 31.2. The van der Waals surface area contributed by atoms with E-state index in [1.807, 2.05) is 6.07 Å². The van der Waals surface area contributed by atoms with Crippen LogP contribution in [0.2, 0.25) is 0 Å². The summed E-state index contributed by atoms with van der Waals surface area (Å²) in [6.07, 6.45) is 1.04. The average Bonchev–Trinajstić information content (AvgIpc) is 3.11. The van der Waals surface area contributed by atoms with Crippen LogP contribution in [0.4, 0.5) is 5.69 Å². The van der Waals surface area contributed by atoms with Gasteiger partial charge in [-0.25, -0.2) is 4.98 Å². The maximum atomic E-state index is 13.7. The van der Waals surface area contributed by atoms with Crippen molar-refractivity contribution in [3.05, 3.63) is 64.3 Å². The number of carbonyl (C=O) groups is 7. The third-order valence-electron chi connectivity index (χ3n) is 7.85. The van der Waals surface area contributed by atoms with Gasteiger partial charge in [-0.3, -0.25) is 43.7 Å². The molecule has 0 aliphatic carbocycles. The summed E-state index contributed by atoms with van der Waals surface area (Å²) >= 11 is 0.806. The molecule has 1 aromatic heterocycles. The Morgan fingerprint density at radius 3 is 1.89 bits per heavy atom. The first kappa shape index (κ1) is 44.5. The van der Waals surface area contributed by atoms with Crippen LogP contribution in [0.15, 0.2) is 53.7 Å². The van der Waals surface area contributed by atoms with E-state index >= 15 is 0 Å². The molecule has 5 atom stereocenters. The fourth-order valence-electron chi connectivity index (χ4n) is 4.90. The number of amides is 7. The van der Waals surface area contributed by atoms with Crippen molar-refractivity contribution in [3.63, 3.8) is 0 Å². The smallest absolute Gasteiger partial charge is 0.301 e. The summed E-state index contributed by atoms with van der Waals surface area (Å²) in [5.74, 6) is -6.85. The number of thioether (sulfide) groups is 1. The van der Waals surface area contributed by atoms with Gasteiger partial charge < -0.3 is 43.8 Å². The lowest BCUT2D eigenvalue weighted by atomic mass is 9.98. The molecule has 0 radical (unpaired) electrons. The Balaban J connectivity index is 2.24. The molecule has 0 aliphatic heterocycles. The monoisotopic (exact) mass is 772 g/mol. The minimum atomic E-state index is -1.37. The summed E-state index contributed by atoms with van der Waals surface area (Å²) < 4.78 is 0. The first-order valence-corrected chi connectivity index (χ1v) is 18.0. The molecule has 0 fully saturated rings. The van der Waals surface area contributed by atoms with Crippen molar-refractivity contribution in [1.29, 1.82) is 0 Å². The zero-order chi connectivity index (χ0) is 40.5. The van der Waals surface area contributed by atoms with Crippen LogP contribution in [0.3, 0.4) is 0 Å². The summed E-state index contributed by atoms with van der Waals surface area (Å²) in [6, 6.07) is 5.33. The third-order valence-corrected chi connectivity index (χ3v) is 8.93. The molecule has 7 amide bonds. The highest BCUT2D eigenvalue weighted by molar-refractivity contribution is 7.99. The number of rotatable bonds is 22. The molecule has 54 heavy (non-hydrogen) atoms. The summed E-state index contributed by atoms with van der Waals surface area (Å²) in [5.41, 5.74) is 17.0. The van der Waals surface area contributed by atoms with Crippen molar-refractivity contribution in [2.75, 3.05) is 12.3 Å². The second-order valence-electron chi connectivity index (χ2n) is 13.0. The van der Waals surface area contributed by atoms with Crippen LogP contribution >= 0.6 is 11.8 Å². The van der Waals surface area contributed by atoms with Crippen molar-refractivity contribution in [3.8, 4) is 0 Å². The fourth-order valence-corrected chi connectivity index (χ4v) is 5.88. The molecule has 0 unspecified atom stereocenters. The largest absolute Gasteiger partial charge is 0.370 e. The normalized spacial score (nSPS) is 13.8. The lowest BCUT2D eigenvalue weighted by molar-refractivity contribution is -0.388. The summed E-state index contributed by atoms with van der Waals surface area (Å²) in [5, 5.41) is 24.0. The molecular formula is C34H48N10O9S. The number of aromatic nitrogens is 1. The molecular weight excluding hydrogens is 725 g/mol. The minimum Gasteiger partial charge on any atom is -0.370 e. The minimum absolute atomic E-state index is 0.0304. The van der Waals surface area contributed by atoms with Gasteiger partial charge in [0, 0.05) is 24.4 Å². The van der Waals surface area contributed by atoms with Crippen molar-refractivity contribution in [2.24, 2.45) is 29.0 Å². The number of benzene rings is 1. The molecule has 2 rings (SSSR count). The maximum absolute atomic E-state index is 13.7. The highest BCUT2D eigenvalue weighted by atomic mass is 32.2. The Bertz CT molecular complexity index is 1660. The quantitative estimate of drug-likeness (QED) is 0.0396. The average molecular weight is 773 g/mol. The van der Waals surface area contributed by atoms with Crippen LogP contribution in [0, 0.1) is 22.0 Å². The highest BCUT2D eigenvalue weighted by Crippen LogP contribution is 2.26. The first-order valence-electron chi connectivity index (χ1n) is 17.0. The van der Waals surface area contributed by atoms with E-state index in [0.717, 1.165) is 17.3 Å². The van der Waals surface area contributed by atoms with Gasteiger partial charge >= 0.3 is 5.69 Å². The molecule has 2 aromatic rings. The molecule has 11 N–H and O–H groups in total. The number of nitro groups is 1. The van der Waals surface area contributed by atoms with Crippen molar-refractivity contribution < 1.29 is 38.5 Å². The lowest BCUT2D eigenvalue weighted by Gasteiger charge is -2.29. The highest BCUT2D eigenvalue weighted by Gasteiger charge is 2.34.